The Morgan fingerprint density at radius 2 is 2.23 bits per heavy atom. The fourth-order valence-electron chi connectivity index (χ4n) is 3.92. The summed E-state index contributed by atoms with van der Waals surface area (Å²) >= 11 is 0. The van der Waals surface area contributed by atoms with Gasteiger partial charge >= 0.3 is 0 Å². The summed E-state index contributed by atoms with van der Waals surface area (Å²) in [5, 5.41) is 14.6. The van der Waals surface area contributed by atoms with Crippen molar-refractivity contribution in [3.05, 3.63) is 35.8 Å². The summed E-state index contributed by atoms with van der Waals surface area (Å²) < 4.78 is 13.8. The van der Waals surface area contributed by atoms with Crippen LogP contribution in [0.5, 0.6) is 0 Å². The van der Waals surface area contributed by atoms with Gasteiger partial charge in [-0.2, -0.15) is 0 Å². The molecule has 3 aromatic rings. The average Bonchev–Trinajstić information content (AvgIpc) is 2.96. The number of nitrogens with zero attached hydrogens (tertiary/aromatic N) is 1. The lowest BCUT2D eigenvalue weighted by Gasteiger charge is -2.33. The molecule has 1 fully saturated rings. The molecule has 1 aromatic carbocycles. The van der Waals surface area contributed by atoms with Gasteiger partial charge in [0.25, 0.3) is 5.91 Å². The number of halogens is 1. The van der Waals surface area contributed by atoms with Gasteiger partial charge in [-0.15, -0.1) is 0 Å². The van der Waals surface area contributed by atoms with Gasteiger partial charge in [-0.1, -0.05) is 6.92 Å². The Morgan fingerprint density at radius 1 is 1.42 bits per heavy atom. The van der Waals surface area contributed by atoms with Crippen LogP contribution in [0.2, 0.25) is 0 Å². The molecular formula is C19H21FN4O2. The largest absolute Gasteiger partial charge is 0.393 e. The van der Waals surface area contributed by atoms with Gasteiger partial charge in [-0.25, -0.2) is 9.37 Å². The number of carbonyl (C=O) groups excluding carboxylic acids is 1. The predicted octanol–water partition coefficient (Wildman–Crippen LogP) is 2.92. The molecule has 4 rings (SSSR count). The van der Waals surface area contributed by atoms with E-state index >= 15 is 0 Å². The smallest absolute Gasteiger partial charge is 0.252 e. The summed E-state index contributed by atoms with van der Waals surface area (Å²) in [6, 6.07) is 4.58. The van der Waals surface area contributed by atoms with Crippen LogP contribution in [0, 0.1) is 11.7 Å². The van der Waals surface area contributed by atoms with Crippen LogP contribution in [-0.4, -0.2) is 33.1 Å². The first kappa shape index (κ1) is 16.8. The van der Waals surface area contributed by atoms with E-state index in [1.54, 1.807) is 6.07 Å². The Bertz CT molecular complexity index is 1000. The van der Waals surface area contributed by atoms with Crippen molar-refractivity contribution in [2.45, 2.75) is 38.3 Å². The van der Waals surface area contributed by atoms with Gasteiger partial charge in [-0.3, -0.25) is 4.79 Å². The second-order valence-corrected chi connectivity index (χ2v) is 7.14. The van der Waals surface area contributed by atoms with Crippen molar-refractivity contribution < 1.29 is 14.3 Å². The van der Waals surface area contributed by atoms with Crippen molar-refractivity contribution in [2.75, 3.05) is 5.32 Å². The molecule has 0 unspecified atom stereocenters. The molecule has 6 nitrogen and oxygen atoms in total. The van der Waals surface area contributed by atoms with E-state index in [4.69, 9.17) is 5.73 Å². The summed E-state index contributed by atoms with van der Waals surface area (Å²) in [6.07, 6.45) is 3.45. The van der Waals surface area contributed by atoms with Crippen molar-refractivity contribution >= 4 is 33.5 Å². The van der Waals surface area contributed by atoms with Gasteiger partial charge < -0.3 is 21.1 Å². The normalized spacial score (nSPS) is 23.4. The first-order valence-electron chi connectivity index (χ1n) is 8.78. The topological polar surface area (TPSA) is 104 Å². The highest BCUT2D eigenvalue weighted by Gasteiger charge is 2.27. The van der Waals surface area contributed by atoms with E-state index in [1.165, 1.54) is 18.3 Å². The molecule has 7 heteroatoms. The molecule has 1 aliphatic rings. The number of H-pyrrole nitrogens is 1. The van der Waals surface area contributed by atoms with Gasteiger partial charge in [-0.05, 0) is 43.4 Å². The first-order chi connectivity index (χ1) is 12.4. The second kappa shape index (κ2) is 6.25. The maximum atomic E-state index is 13.8. The summed E-state index contributed by atoms with van der Waals surface area (Å²) in [5.74, 6) is -0.0818. The van der Waals surface area contributed by atoms with Gasteiger partial charge in [0.2, 0.25) is 0 Å². The maximum Gasteiger partial charge on any atom is 0.252 e. The first-order valence-corrected chi connectivity index (χ1v) is 8.78. The van der Waals surface area contributed by atoms with Crippen LogP contribution >= 0.6 is 0 Å². The second-order valence-electron chi connectivity index (χ2n) is 7.14. The number of aromatic amines is 1. The van der Waals surface area contributed by atoms with Crippen molar-refractivity contribution in [1.82, 2.24) is 9.97 Å². The molecule has 1 saturated carbocycles. The number of hydrogen-bond donors (Lipinski definition) is 4. The number of aromatic nitrogens is 2. The van der Waals surface area contributed by atoms with Crippen LogP contribution in [0.3, 0.4) is 0 Å². The number of anilines is 1. The van der Waals surface area contributed by atoms with Gasteiger partial charge in [0, 0.05) is 23.1 Å². The predicted molar refractivity (Wildman–Crippen MR) is 98.5 cm³/mol. The number of hydrogen-bond acceptors (Lipinski definition) is 4. The molecule has 26 heavy (non-hydrogen) atoms. The average molecular weight is 356 g/mol. The lowest BCUT2D eigenvalue weighted by Crippen LogP contribution is -2.35. The highest BCUT2D eigenvalue weighted by atomic mass is 19.1. The minimum atomic E-state index is -0.588. The lowest BCUT2D eigenvalue weighted by atomic mass is 9.84. The molecule has 3 atom stereocenters. The zero-order valence-electron chi connectivity index (χ0n) is 14.4. The number of amides is 1. The standard InChI is InChI=1S/C19H21FN4O2/c1-9-6-11(25)3-5-14(9)24-19-16-12-7-10(20)2-4-15(12)23-17(16)13(8-22-19)18(21)26/h2,4,7-9,11,14,23,25H,3,5-6H2,1H3,(H2,21,26)(H,22,24)/t9-,11-,14-/m1/s1. The zero-order chi connectivity index (χ0) is 18.4. The molecule has 1 amide bonds. The van der Waals surface area contributed by atoms with Crippen LogP contribution in [0.1, 0.15) is 36.5 Å². The lowest BCUT2D eigenvalue weighted by molar-refractivity contribution is 0.0993. The third kappa shape index (κ3) is 2.78. The highest BCUT2D eigenvalue weighted by Crippen LogP contribution is 2.35. The number of aliphatic hydroxyl groups is 1. The monoisotopic (exact) mass is 356 g/mol. The molecule has 0 saturated heterocycles. The van der Waals surface area contributed by atoms with Crippen molar-refractivity contribution in [1.29, 1.82) is 0 Å². The van der Waals surface area contributed by atoms with E-state index in [9.17, 15) is 14.3 Å². The molecule has 136 valence electrons. The molecule has 5 N–H and O–H groups in total. The van der Waals surface area contributed by atoms with Crippen molar-refractivity contribution in [3.63, 3.8) is 0 Å². The number of primary amides is 1. The van der Waals surface area contributed by atoms with Crippen LogP contribution in [0.15, 0.2) is 24.4 Å². The maximum absolute atomic E-state index is 13.8. The zero-order valence-corrected chi connectivity index (χ0v) is 14.4. The SMILES string of the molecule is C[C@@H]1C[C@H](O)CC[C@H]1Nc1ncc(C(N)=O)c2[nH]c3ccc(F)cc3c12. The van der Waals surface area contributed by atoms with E-state index in [1.807, 2.05) is 0 Å². The third-order valence-corrected chi connectivity index (χ3v) is 5.32. The Morgan fingerprint density at radius 3 is 2.96 bits per heavy atom. The number of nitrogens with one attached hydrogen (secondary N) is 2. The molecular weight excluding hydrogens is 335 g/mol. The third-order valence-electron chi connectivity index (χ3n) is 5.32. The number of rotatable bonds is 3. The molecule has 0 spiro atoms. The Labute approximate surface area is 149 Å². The van der Waals surface area contributed by atoms with E-state index in [0.29, 0.717) is 27.6 Å². The van der Waals surface area contributed by atoms with E-state index < -0.39 is 5.91 Å². The van der Waals surface area contributed by atoms with Gasteiger partial charge in [0.1, 0.15) is 11.6 Å². The van der Waals surface area contributed by atoms with Crippen LogP contribution < -0.4 is 11.1 Å². The number of fused-ring (bicyclic) bond motifs is 3. The minimum Gasteiger partial charge on any atom is -0.393 e. The number of aliphatic hydroxyl groups excluding tert-OH is 1. The Hall–Kier alpha value is -2.67. The summed E-state index contributed by atoms with van der Waals surface area (Å²) in [4.78, 5) is 19.4. The fraction of sp³-hybridized carbons (Fsp3) is 0.368. The minimum absolute atomic E-state index is 0.145. The molecule has 2 heterocycles. The van der Waals surface area contributed by atoms with Crippen molar-refractivity contribution in [3.8, 4) is 0 Å². The summed E-state index contributed by atoms with van der Waals surface area (Å²) in [5.41, 5.74) is 7.02. The van der Waals surface area contributed by atoms with E-state index in [-0.39, 0.29) is 29.4 Å². The number of nitrogens with two attached hydrogens (primary N) is 1. The van der Waals surface area contributed by atoms with E-state index in [0.717, 1.165) is 19.3 Å². The van der Waals surface area contributed by atoms with Crippen LogP contribution in [0.25, 0.3) is 21.8 Å². The Balaban J connectivity index is 1.86. The highest BCUT2D eigenvalue weighted by molar-refractivity contribution is 6.18. The quantitative estimate of drug-likeness (QED) is 0.579. The van der Waals surface area contributed by atoms with Gasteiger partial charge in [0.15, 0.2) is 0 Å². The Kier molecular flexibility index (Phi) is 4.03. The number of benzene rings is 1. The number of carbonyl (C=O) groups is 1. The fourth-order valence-corrected chi connectivity index (χ4v) is 3.92. The summed E-state index contributed by atoms with van der Waals surface area (Å²) in [6.45, 7) is 2.09. The number of pyridine rings is 1. The summed E-state index contributed by atoms with van der Waals surface area (Å²) in [7, 11) is 0. The van der Waals surface area contributed by atoms with Crippen LogP contribution in [0.4, 0.5) is 10.2 Å². The molecule has 2 aromatic heterocycles. The van der Waals surface area contributed by atoms with E-state index in [2.05, 4.69) is 22.2 Å². The molecule has 0 bridgehead atoms. The van der Waals surface area contributed by atoms with Crippen LogP contribution in [-0.2, 0) is 0 Å². The molecule has 1 aliphatic carbocycles. The molecule has 0 aliphatic heterocycles. The molecule has 0 radical (unpaired) electrons. The van der Waals surface area contributed by atoms with Crippen molar-refractivity contribution in [2.24, 2.45) is 11.7 Å². The van der Waals surface area contributed by atoms with Gasteiger partial charge in [0.05, 0.1) is 22.6 Å².